The summed E-state index contributed by atoms with van der Waals surface area (Å²) in [5, 5.41) is 8.90. The molecule has 15 heteroatoms. The standard InChI is InChI=1S/C13H10F3N3O2.C11H8F3N3O/c1-2-21-12(20)11-5-10(18-7-19-11)9-4-3-8(6-17-9)13(14,15)16;12-11(13,14)7-1-2-9(15-4-7)10-3-8(5-18)16-6-17-10/h3-7H,2H2,1H3;1-4,6,18H,5H2. The number of hydrogen-bond donors (Lipinski definition) is 1. The fourth-order valence-corrected chi connectivity index (χ4v) is 2.86. The molecule has 204 valence electrons. The van der Waals surface area contributed by atoms with Gasteiger partial charge in [-0.15, -0.1) is 0 Å². The van der Waals surface area contributed by atoms with Crippen molar-refractivity contribution in [2.24, 2.45) is 0 Å². The molecule has 0 saturated carbocycles. The number of hydrogen-bond acceptors (Lipinski definition) is 9. The molecule has 0 fully saturated rings. The Hall–Kier alpha value is -4.53. The van der Waals surface area contributed by atoms with Gasteiger partial charge in [0.2, 0.25) is 0 Å². The lowest BCUT2D eigenvalue weighted by atomic mass is 10.2. The third-order valence-corrected chi connectivity index (χ3v) is 4.74. The zero-order valence-corrected chi connectivity index (χ0v) is 19.9. The van der Waals surface area contributed by atoms with Gasteiger partial charge in [0, 0.05) is 12.4 Å². The quantitative estimate of drug-likeness (QED) is 0.275. The van der Waals surface area contributed by atoms with Crippen LogP contribution in [0.15, 0.2) is 61.4 Å². The predicted molar refractivity (Wildman–Crippen MR) is 122 cm³/mol. The van der Waals surface area contributed by atoms with E-state index in [4.69, 9.17) is 9.84 Å². The highest BCUT2D eigenvalue weighted by molar-refractivity contribution is 5.88. The van der Waals surface area contributed by atoms with Crippen LogP contribution >= 0.6 is 0 Å². The van der Waals surface area contributed by atoms with E-state index in [1.54, 1.807) is 6.92 Å². The first-order valence-corrected chi connectivity index (χ1v) is 10.9. The van der Waals surface area contributed by atoms with Crippen molar-refractivity contribution in [3.8, 4) is 22.8 Å². The van der Waals surface area contributed by atoms with Gasteiger partial charge in [0.05, 0.1) is 52.8 Å². The molecule has 0 spiro atoms. The van der Waals surface area contributed by atoms with E-state index in [1.165, 1.54) is 30.6 Å². The third-order valence-electron chi connectivity index (χ3n) is 4.74. The molecule has 9 nitrogen and oxygen atoms in total. The number of alkyl halides is 6. The molecule has 0 aliphatic rings. The fraction of sp³-hybridized carbons (Fsp3) is 0.208. The van der Waals surface area contributed by atoms with Gasteiger partial charge in [-0.25, -0.2) is 24.7 Å². The summed E-state index contributed by atoms with van der Waals surface area (Å²) in [7, 11) is 0. The number of pyridine rings is 2. The number of aliphatic hydroxyl groups excluding tert-OH is 1. The van der Waals surface area contributed by atoms with Crippen LogP contribution in [0.4, 0.5) is 26.3 Å². The molecule has 0 aliphatic carbocycles. The summed E-state index contributed by atoms with van der Waals surface area (Å²) in [5.41, 5.74) is -0.181. The Balaban J connectivity index is 0.000000218. The molecule has 0 unspecified atom stereocenters. The topological polar surface area (TPSA) is 124 Å². The minimum atomic E-state index is -4.45. The van der Waals surface area contributed by atoms with Crippen LogP contribution in [0.3, 0.4) is 0 Å². The van der Waals surface area contributed by atoms with E-state index in [1.807, 2.05) is 0 Å². The van der Waals surface area contributed by atoms with Crippen molar-refractivity contribution in [2.75, 3.05) is 6.61 Å². The SMILES string of the molecule is CCOC(=O)c1cc(-c2ccc(C(F)(F)F)cn2)ncn1.OCc1cc(-c2ccc(C(F)(F)F)cn2)ncn1. The normalized spacial score (nSPS) is 11.4. The van der Waals surface area contributed by atoms with Crippen molar-refractivity contribution >= 4 is 5.97 Å². The van der Waals surface area contributed by atoms with Gasteiger partial charge in [-0.1, -0.05) is 0 Å². The summed E-state index contributed by atoms with van der Waals surface area (Å²) in [6, 6.07) is 7.02. The molecule has 0 saturated heterocycles. The molecule has 0 aliphatic heterocycles. The van der Waals surface area contributed by atoms with Gasteiger partial charge in [-0.3, -0.25) is 9.97 Å². The average molecular weight is 552 g/mol. The second-order valence-electron chi connectivity index (χ2n) is 7.42. The van der Waals surface area contributed by atoms with Crippen LogP contribution < -0.4 is 0 Å². The summed E-state index contributed by atoms with van der Waals surface area (Å²) < 4.78 is 79.2. The summed E-state index contributed by atoms with van der Waals surface area (Å²) >= 11 is 0. The van der Waals surface area contributed by atoms with Crippen molar-refractivity contribution < 1.29 is 41.0 Å². The van der Waals surface area contributed by atoms with Crippen LogP contribution in [-0.2, 0) is 23.7 Å². The predicted octanol–water partition coefficient (Wildman–Crippen LogP) is 4.78. The maximum absolute atomic E-state index is 12.4. The van der Waals surface area contributed by atoms with Gasteiger partial charge in [-0.2, -0.15) is 26.3 Å². The zero-order valence-electron chi connectivity index (χ0n) is 19.9. The Morgan fingerprint density at radius 3 is 1.69 bits per heavy atom. The van der Waals surface area contributed by atoms with E-state index in [0.717, 1.165) is 24.7 Å². The number of aromatic nitrogens is 6. The molecule has 1 N–H and O–H groups in total. The molecule has 0 bridgehead atoms. The second kappa shape index (κ2) is 12.3. The Morgan fingerprint density at radius 1 is 0.744 bits per heavy atom. The van der Waals surface area contributed by atoms with Crippen molar-refractivity contribution in [3.63, 3.8) is 0 Å². The lowest BCUT2D eigenvalue weighted by molar-refractivity contribution is -0.138. The van der Waals surface area contributed by atoms with Gasteiger partial charge >= 0.3 is 18.3 Å². The first-order valence-electron chi connectivity index (χ1n) is 10.9. The van der Waals surface area contributed by atoms with E-state index >= 15 is 0 Å². The second-order valence-corrected chi connectivity index (χ2v) is 7.42. The molecule has 0 atom stereocenters. The lowest BCUT2D eigenvalue weighted by Gasteiger charge is -2.07. The molecule has 4 heterocycles. The molecule has 0 radical (unpaired) electrons. The van der Waals surface area contributed by atoms with Gasteiger partial charge < -0.3 is 9.84 Å². The van der Waals surface area contributed by atoms with Crippen LogP contribution in [0.1, 0.15) is 34.2 Å². The number of halogens is 6. The van der Waals surface area contributed by atoms with Gasteiger partial charge in [0.1, 0.15) is 12.7 Å². The Bertz CT molecular complexity index is 1400. The molecule has 4 aromatic rings. The molecular formula is C24H18F6N6O3. The van der Waals surface area contributed by atoms with Crippen molar-refractivity contribution in [1.82, 2.24) is 29.9 Å². The smallest absolute Gasteiger partial charge is 0.417 e. The zero-order chi connectivity index (χ0) is 28.6. The van der Waals surface area contributed by atoms with Crippen LogP contribution in [-0.4, -0.2) is 47.6 Å². The summed E-state index contributed by atoms with van der Waals surface area (Å²) in [6.45, 7) is 1.57. The number of esters is 1. The van der Waals surface area contributed by atoms with Crippen LogP contribution in [0.25, 0.3) is 22.8 Å². The van der Waals surface area contributed by atoms with E-state index in [2.05, 4.69) is 29.9 Å². The highest BCUT2D eigenvalue weighted by atomic mass is 19.4. The Labute approximate surface area is 216 Å². The van der Waals surface area contributed by atoms with E-state index in [9.17, 15) is 31.1 Å². The maximum atomic E-state index is 12.4. The number of ether oxygens (including phenoxy) is 1. The number of aliphatic hydroxyl groups is 1. The Morgan fingerprint density at radius 2 is 1.26 bits per heavy atom. The van der Waals surface area contributed by atoms with Gasteiger partial charge in [0.15, 0.2) is 5.69 Å². The third kappa shape index (κ3) is 7.98. The monoisotopic (exact) mass is 552 g/mol. The average Bonchev–Trinajstić information content (AvgIpc) is 2.93. The Kier molecular flexibility index (Phi) is 9.19. The first-order chi connectivity index (χ1) is 18.4. The van der Waals surface area contributed by atoms with Crippen molar-refractivity contribution in [2.45, 2.75) is 25.9 Å². The summed E-state index contributed by atoms with van der Waals surface area (Å²) in [4.78, 5) is 34.2. The van der Waals surface area contributed by atoms with Gasteiger partial charge in [0.25, 0.3) is 0 Å². The molecule has 39 heavy (non-hydrogen) atoms. The molecule has 4 aromatic heterocycles. The van der Waals surface area contributed by atoms with Crippen LogP contribution in [0.5, 0.6) is 0 Å². The largest absolute Gasteiger partial charge is 0.461 e. The van der Waals surface area contributed by atoms with Crippen molar-refractivity contribution in [1.29, 1.82) is 0 Å². The summed E-state index contributed by atoms with van der Waals surface area (Å²) in [5.74, 6) is -0.631. The van der Waals surface area contributed by atoms with Crippen LogP contribution in [0, 0.1) is 0 Å². The first kappa shape index (κ1) is 29.0. The molecule has 4 rings (SSSR count). The van der Waals surface area contributed by atoms with Gasteiger partial charge in [-0.05, 0) is 43.3 Å². The molecule has 0 aromatic carbocycles. The fourth-order valence-electron chi connectivity index (χ4n) is 2.86. The van der Waals surface area contributed by atoms with Crippen molar-refractivity contribution in [3.05, 3.63) is 84.0 Å². The minimum absolute atomic E-state index is 0.0172. The van der Waals surface area contributed by atoms with E-state index in [-0.39, 0.29) is 30.3 Å². The maximum Gasteiger partial charge on any atom is 0.417 e. The number of carbonyl (C=O) groups excluding carboxylic acids is 1. The minimum Gasteiger partial charge on any atom is -0.461 e. The lowest BCUT2D eigenvalue weighted by Crippen LogP contribution is -2.08. The summed E-state index contributed by atoms with van der Waals surface area (Å²) in [6.07, 6.45) is -5.06. The molecular weight excluding hydrogens is 534 g/mol. The van der Waals surface area contributed by atoms with Crippen LogP contribution in [0.2, 0.25) is 0 Å². The van der Waals surface area contributed by atoms with E-state index < -0.39 is 29.4 Å². The number of nitrogens with zero attached hydrogens (tertiary/aromatic N) is 6. The number of carbonyl (C=O) groups is 1. The highest BCUT2D eigenvalue weighted by Crippen LogP contribution is 2.30. The number of rotatable bonds is 5. The molecule has 0 amide bonds. The highest BCUT2D eigenvalue weighted by Gasteiger charge is 2.31. The van der Waals surface area contributed by atoms with E-state index in [0.29, 0.717) is 23.3 Å².